The van der Waals surface area contributed by atoms with Gasteiger partial charge >= 0.3 is 0 Å². The molecule has 0 saturated heterocycles. The van der Waals surface area contributed by atoms with Crippen LogP contribution in [0.4, 0.5) is 0 Å². The van der Waals surface area contributed by atoms with E-state index in [1.165, 1.54) is 33.0 Å². The molecule has 1 aromatic rings. The summed E-state index contributed by atoms with van der Waals surface area (Å²) >= 11 is 0. The van der Waals surface area contributed by atoms with Crippen molar-refractivity contribution in [2.45, 2.75) is 39.8 Å². The zero-order valence-electron chi connectivity index (χ0n) is 14.3. The summed E-state index contributed by atoms with van der Waals surface area (Å²) in [6, 6.07) is 6.54. The van der Waals surface area contributed by atoms with Gasteiger partial charge in [0.25, 0.3) is 0 Å². The third kappa shape index (κ3) is 2.70. The van der Waals surface area contributed by atoms with Crippen LogP contribution in [0.2, 0.25) is 13.1 Å². The van der Waals surface area contributed by atoms with E-state index in [9.17, 15) is 4.79 Å². The molecule has 2 aliphatic rings. The van der Waals surface area contributed by atoms with Gasteiger partial charge in [0.2, 0.25) is 5.91 Å². The van der Waals surface area contributed by atoms with Gasteiger partial charge in [-0.1, -0.05) is 54.2 Å². The van der Waals surface area contributed by atoms with E-state index < -0.39 is 8.41 Å². The highest BCUT2D eigenvalue weighted by atomic mass is 28.2. The lowest BCUT2D eigenvalue weighted by molar-refractivity contribution is -0.114. The van der Waals surface area contributed by atoms with Gasteiger partial charge in [0, 0.05) is 14.0 Å². The maximum atomic E-state index is 11.8. The van der Waals surface area contributed by atoms with Crippen molar-refractivity contribution in [3.63, 3.8) is 0 Å². The van der Waals surface area contributed by atoms with Gasteiger partial charge in [-0.3, -0.25) is 4.79 Å². The number of benzene rings is 1. The Kier molecular flexibility index (Phi) is 4.07. The van der Waals surface area contributed by atoms with E-state index in [0.717, 1.165) is 18.4 Å². The molecule has 0 saturated carbocycles. The van der Waals surface area contributed by atoms with Gasteiger partial charge in [-0.05, 0) is 54.5 Å². The second-order valence-electron chi connectivity index (χ2n) is 6.71. The van der Waals surface area contributed by atoms with Crippen molar-refractivity contribution in [1.82, 2.24) is 0 Å². The van der Waals surface area contributed by atoms with E-state index in [1.54, 1.807) is 0 Å². The first-order valence-electron chi connectivity index (χ1n) is 8.07. The Morgan fingerprint density at radius 3 is 2.61 bits per heavy atom. The second kappa shape index (κ2) is 5.89. The summed E-state index contributed by atoms with van der Waals surface area (Å²) in [6.45, 7) is 8.86. The fourth-order valence-corrected chi connectivity index (χ4v) is 5.01. The number of hydrogen-bond acceptors (Lipinski definition) is 1. The van der Waals surface area contributed by atoms with Crippen LogP contribution in [-0.2, 0) is 11.2 Å². The number of primary amides is 1. The van der Waals surface area contributed by atoms with Gasteiger partial charge in [-0.25, -0.2) is 0 Å². The zero-order chi connectivity index (χ0) is 16.7. The molecule has 0 atom stereocenters. The van der Waals surface area contributed by atoms with Gasteiger partial charge in [0.05, 0.1) is 0 Å². The summed E-state index contributed by atoms with van der Waals surface area (Å²) in [5.41, 5.74) is 14.0. The molecule has 0 fully saturated rings. The number of nitrogens with two attached hydrogens (primary N) is 1. The Morgan fingerprint density at radius 2 is 1.96 bits per heavy atom. The number of hydrogen-bond donors (Lipinski definition) is 1. The van der Waals surface area contributed by atoms with Crippen molar-refractivity contribution < 1.29 is 4.79 Å². The van der Waals surface area contributed by atoms with Crippen LogP contribution in [0, 0.1) is 0 Å². The fraction of sp³-hybridized carbons (Fsp3) is 0.300. The number of fused-ring (bicyclic) bond motifs is 1. The predicted molar refractivity (Wildman–Crippen MR) is 101 cm³/mol. The molecule has 2 nitrogen and oxygen atoms in total. The van der Waals surface area contributed by atoms with Crippen LogP contribution in [0.3, 0.4) is 0 Å². The summed E-state index contributed by atoms with van der Waals surface area (Å²) in [7, 11) is -0.600. The third-order valence-electron chi connectivity index (χ3n) is 4.79. The smallest absolute Gasteiger partial charge is 0.248 e. The van der Waals surface area contributed by atoms with Crippen molar-refractivity contribution in [2.24, 2.45) is 5.73 Å². The Labute approximate surface area is 139 Å². The highest BCUT2D eigenvalue weighted by Gasteiger charge is 2.25. The maximum absolute atomic E-state index is 11.8. The SMILES string of the molecule is CC1=Cc2c(cccc2C2=C(C)C(C(N)=O)=CCC2=[Si](C)C)C1. The van der Waals surface area contributed by atoms with E-state index in [2.05, 4.69) is 44.3 Å². The maximum Gasteiger partial charge on any atom is 0.248 e. The molecule has 0 radical (unpaired) electrons. The molecular weight excluding hydrogens is 298 g/mol. The molecule has 0 aliphatic heterocycles. The molecule has 1 amide bonds. The van der Waals surface area contributed by atoms with Gasteiger partial charge < -0.3 is 5.73 Å². The number of rotatable bonds is 2. The summed E-state index contributed by atoms with van der Waals surface area (Å²) in [4.78, 5) is 11.8. The van der Waals surface area contributed by atoms with E-state index >= 15 is 0 Å². The highest BCUT2D eigenvalue weighted by Crippen LogP contribution is 2.37. The normalized spacial score (nSPS) is 17.0. The molecule has 1 aromatic carbocycles. The Morgan fingerprint density at radius 1 is 1.22 bits per heavy atom. The molecular formula is C20H23NOSi. The third-order valence-corrected chi connectivity index (χ3v) is 6.45. The van der Waals surface area contributed by atoms with Crippen molar-refractivity contribution in [2.75, 3.05) is 0 Å². The molecule has 118 valence electrons. The molecule has 0 heterocycles. The van der Waals surface area contributed by atoms with Gasteiger partial charge in [-0.15, -0.1) is 0 Å². The Balaban J connectivity index is 2.29. The first kappa shape index (κ1) is 15.9. The van der Waals surface area contributed by atoms with Crippen LogP contribution in [0.15, 0.2) is 41.0 Å². The fourth-order valence-electron chi connectivity index (χ4n) is 3.68. The number of carbonyl (C=O) groups is 1. The largest absolute Gasteiger partial charge is 0.366 e. The minimum Gasteiger partial charge on any atom is -0.366 e. The van der Waals surface area contributed by atoms with Crippen LogP contribution in [-0.4, -0.2) is 19.5 Å². The van der Waals surface area contributed by atoms with Crippen LogP contribution in [0.25, 0.3) is 11.6 Å². The molecule has 0 aromatic heterocycles. The first-order valence-corrected chi connectivity index (χ1v) is 10.6. The molecule has 2 aliphatic carbocycles. The van der Waals surface area contributed by atoms with E-state index in [-0.39, 0.29) is 5.91 Å². The van der Waals surface area contributed by atoms with Crippen LogP contribution in [0.1, 0.15) is 37.0 Å². The van der Waals surface area contributed by atoms with Gasteiger partial charge in [0.15, 0.2) is 0 Å². The molecule has 2 N–H and O–H groups in total. The van der Waals surface area contributed by atoms with Gasteiger partial charge in [-0.2, -0.15) is 0 Å². The van der Waals surface area contributed by atoms with E-state index in [0.29, 0.717) is 5.57 Å². The Bertz CT molecular complexity index is 833. The highest BCUT2D eigenvalue weighted by molar-refractivity contribution is 6.77. The van der Waals surface area contributed by atoms with Crippen molar-refractivity contribution in [3.05, 3.63) is 57.7 Å². The van der Waals surface area contributed by atoms with Crippen molar-refractivity contribution in [3.8, 4) is 0 Å². The minimum absolute atomic E-state index is 0.320. The first-order chi connectivity index (χ1) is 10.9. The molecule has 23 heavy (non-hydrogen) atoms. The number of amides is 1. The van der Waals surface area contributed by atoms with E-state index in [1.807, 2.05) is 13.0 Å². The van der Waals surface area contributed by atoms with Crippen LogP contribution < -0.4 is 5.73 Å². The Hall–Kier alpha value is -2.00. The predicted octanol–water partition coefficient (Wildman–Crippen LogP) is 3.74. The quantitative estimate of drug-likeness (QED) is 0.828. The van der Waals surface area contributed by atoms with E-state index in [4.69, 9.17) is 5.73 Å². The molecule has 0 unspecified atom stereocenters. The molecule has 3 heteroatoms. The molecule has 3 rings (SSSR count). The minimum atomic E-state index is -0.600. The number of carbonyl (C=O) groups excluding carboxylic acids is 1. The van der Waals surface area contributed by atoms with Crippen LogP contribution >= 0.6 is 0 Å². The lowest BCUT2D eigenvalue weighted by atomic mass is 9.84. The standard InChI is InChI=1S/C20H23NOSi/c1-12-10-14-6-5-7-16(17(14)11-12)19-13(2)15(20(21)22)8-9-18(19)23(3)4/h5-8,11H,9-10H2,1-4H3,(H2,21,22). The summed E-state index contributed by atoms with van der Waals surface area (Å²) in [6.07, 6.45) is 6.18. The molecule has 0 spiro atoms. The average Bonchev–Trinajstić information content (AvgIpc) is 2.86. The monoisotopic (exact) mass is 321 g/mol. The topological polar surface area (TPSA) is 43.1 Å². The summed E-state index contributed by atoms with van der Waals surface area (Å²) in [5, 5.41) is 1.49. The van der Waals surface area contributed by atoms with Gasteiger partial charge in [0.1, 0.15) is 0 Å². The summed E-state index contributed by atoms with van der Waals surface area (Å²) < 4.78 is 0. The summed E-state index contributed by atoms with van der Waals surface area (Å²) in [5.74, 6) is -0.320. The number of allylic oxidation sites excluding steroid dienone is 3. The molecule has 0 bridgehead atoms. The van der Waals surface area contributed by atoms with Crippen molar-refractivity contribution in [1.29, 1.82) is 0 Å². The zero-order valence-corrected chi connectivity index (χ0v) is 15.3. The lowest BCUT2D eigenvalue weighted by Crippen LogP contribution is -2.23. The average molecular weight is 321 g/mol. The van der Waals surface area contributed by atoms with Crippen molar-refractivity contribution >= 4 is 31.1 Å². The second-order valence-corrected chi connectivity index (χ2v) is 9.31. The lowest BCUT2D eigenvalue weighted by Gasteiger charge is -2.24. The van der Waals surface area contributed by atoms with Crippen LogP contribution in [0.5, 0.6) is 0 Å².